The maximum Gasteiger partial charge on any atom is 0.363 e. The molecule has 0 aliphatic rings. The maximum absolute atomic E-state index is 12.9. The fourth-order valence-electron chi connectivity index (χ4n) is 0.670. The normalized spacial score (nSPS) is 9.92. The zero-order chi connectivity index (χ0) is 9.14. The fraction of sp³-hybridized carbons (Fsp3) is 0.500. The van der Waals surface area contributed by atoms with E-state index in [4.69, 9.17) is 0 Å². The quantitative estimate of drug-likeness (QED) is 0.596. The molecular formula is C6H8FN3O2. The Morgan fingerprint density at radius 1 is 1.75 bits per heavy atom. The van der Waals surface area contributed by atoms with E-state index in [1.807, 2.05) is 0 Å². The number of rotatable bonds is 2. The number of hydrogen-bond donors (Lipinski definition) is 0. The minimum Gasteiger partial charge on any atom is -0.461 e. The van der Waals surface area contributed by atoms with Gasteiger partial charge in [0.05, 0.1) is 6.61 Å². The molecule has 0 fully saturated rings. The lowest BCUT2D eigenvalue weighted by atomic mass is 10.5. The summed E-state index contributed by atoms with van der Waals surface area (Å²) in [4.78, 5) is 10.9. The molecule has 1 aromatic heterocycles. The molecule has 1 heterocycles. The number of carbonyl (C=O) groups excluding carboxylic acids is 1. The highest BCUT2D eigenvalue weighted by atomic mass is 19.1. The Morgan fingerprint density at radius 2 is 2.42 bits per heavy atom. The molecule has 0 N–H and O–H groups in total. The van der Waals surface area contributed by atoms with Crippen molar-refractivity contribution in [1.82, 2.24) is 15.0 Å². The van der Waals surface area contributed by atoms with Gasteiger partial charge in [-0.15, -0.1) is 5.10 Å². The highest BCUT2D eigenvalue weighted by Crippen LogP contribution is 2.02. The third-order valence-corrected chi connectivity index (χ3v) is 1.23. The van der Waals surface area contributed by atoms with Gasteiger partial charge in [-0.25, -0.2) is 9.48 Å². The van der Waals surface area contributed by atoms with Crippen molar-refractivity contribution in [2.75, 3.05) is 6.61 Å². The molecular weight excluding hydrogens is 165 g/mol. The highest BCUT2D eigenvalue weighted by molar-refractivity contribution is 5.86. The summed E-state index contributed by atoms with van der Waals surface area (Å²) >= 11 is 0. The minimum absolute atomic E-state index is 0.189. The Balaban J connectivity index is 2.88. The maximum atomic E-state index is 12.9. The molecule has 1 aromatic rings. The third-order valence-electron chi connectivity index (χ3n) is 1.23. The van der Waals surface area contributed by atoms with Crippen LogP contribution in [0.3, 0.4) is 0 Å². The first-order valence-corrected chi connectivity index (χ1v) is 3.39. The molecule has 0 aliphatic carbocycles. The third kappa shape index (κ3) is 1.41. The zero-order valence-corrected chi connectivity index (χ0v) is 6.74. The highest BCUT2D eigenvalue weighted by Gasteiger charge is 2.18. The number of halogens is 1. The first kappa shape index (κ1) is 8.63. The fourth-order valence-corrected chi connectivity index (χ4v) is 0.670. The second-order valence-corrected chi connectivity index (χ2v) is 2.07. The molecule has 0 amide bonds. The van der Waals surface area contributed by atoms with Gasteiger partial charge >= 0.3 is 5.97 Å². The van der Waals surface area contributed by atoms with Gasteiger partial charge in [0.2, 0.25) is 11.6 Å². The van der Waals surface area contributed by atoms with Crippen molar-refractivity contribution >= 4 is 5.97 Å². The first-order valence-electron chi connectivity index (χ1n) is 3.39. The molecule has 5 nitrogen and oxygen atoms in total. The van der Waals surface area contributed by atoms with Gasteiger partial charge in [0.25, 0.3) is 0 Å². The van der Waals surface area contributed by atoms with Crippen molar-refractivity contribution in [2.45, 2.75) is 6.92 Å². The molecule has 0 radical (unpaired) electrons. The van der Waals surface area contributed by atoms with E-state index >= 15 is 0 Å². The van der Waals surface area contributed by atoms with Crippen LogP contribution in [0.15, 0.2) is 0 Å². The van der Waals surface area contributed by atoms with Crippen LogP contribution in [0.25, 0.3) is 0 Å². The summed E-state index contributed by atoms with van der Waals surface area (Å²) in [7, 11) is 1.35. The van der Waals surface area contributed by atoms with Gasteiger partial charge in [-0.1, -0.05) is 5.21 Å². The predicted octanol–water partition coefficient (Wildman–Crippen LogP) is 0.131. The molecule has 0 unspecified atom stereocenters. The summed E-state index contributed by atoms with van der Waals surface area (Å²) in [6, 6.07) is 0. The van der Waals surface area contributed by atoms with E-state index in [-0.39, 0.29) is 12.3 Å². The average Bonchev–Trinajstić information content (AvgIpc) is 2.34. The Kier molecular flexibility index (Phi) is 2.37. The first-order chi connectivity index (χ1) is 5.66. The number of hydrogen-bond acceptors (Lipinski definition) is 4. The summed E-state index contributed by atoms with van der Waals surface area (Å²) in [6.45, 7) is 1.82. The minimum atomic E-state index is -0.789. The van der Waals surface area contributed by atoms with Crippen LogP contribution in [0.5, 0.6) is 0 Å². The molecule has 66 valence electrons. The van der Waals surface area contributed by atoms with E-state index in [0.29, 0.717) is 0 Å². The van der Waals surface area contributed by atoms with Gasteiger partial charge in [0.15, 0.2) is 0 Å². The lowest BCUT2D eigenvalue weighted by molar-refractivity contribution is 0.0513. The number of esters is 1. The molecule has 6 heteroatoms. The van der Waals surface area contributed by atoms with E-state index in [0.717, 1.165) is 4.68 Å². The molecule has 0 spiro atoms. The molecule has 1 rings (SSSR count). The van der Waals surface area contributed by atoms with E-state index in [1.54, 1.807) is 6.92 Å². The monoisotopic (exact) mass is 173 g/mol. The van der Waals surface area contributed by atoms with Crippen LogP contribution in [-0.2, 0) is 11.8 Å². The Hall–Kier alpha value is -1.46. The van der Waals surface area contributed by atoms with Crippen LogP contribution in [0.4, 0.5) is 4.39 Å². The van der Waals surface area contributed by atoms with Gasteiger partial charge in [0, 0.05) is 7.05 Å². The van der Waals surface area contributed by atoms with Crippen molar-refractivity contribution in [2.24, 2.45) is 7.05 Å². The summed E-state index contributed by atoms with van der Waals surface area (Å²) in [5.74, 6) is -1.57. The standard InChI is InChI=1S/C6H8FN3O2/c1-3-12-6(11)4-5(7)10(2)9-8-4/h3H2,1-2H3. The molecule has 0 atom stereocenters. The summed E-state index contributed by atoms with van der Waals surface area (Å²) in [6.07, 6.45) is 0. The second-order valence-electron chi connectivity index (χ2n) is 2.07. The zero-order valence-electron chi connectivity index (χ0n) is 6.74. The lowest BCUT2D eigenvalue weighted by Gasteiger charge is -1.95. The van der Waals surface area contributed by atoms with Crippen LogP contribution in [0.2, 0.25) is 0 Å². The van der Waals surface area contributed by atoms with Crippen molar-refractivity contribution in [3.63, 3.8) is 0 Å². The summed E-state index contributed by atoms with van der Waals surface area (Å²) in [5, 5.41) is 6.61. The van der Waals surface area contributed by atoms with Gasteiger partial charge in [-0.05, 0) is 6.92 Å². The van der Waals surface area contributed by atoms with Crippen LogP contribution in [-0.4, -0.2) is 27.6 Å². The number of aromatic nitrogens is 3. The molecule has 0 bridgehead atoms. The van der Waals surface area contributed by atoms with Gasteiger partial charge in [-0.3, -0.25) is 0 Å². The van der Waals surface area contributed by atoms with E-state index in [2.05, 4.69) is 15.0 Å². The average molecular weight is 173 g/mol. The van der Waals surface area contributed by atoms with Crippen LogP contribution < -0.4 is 0 Å². The van der Waals surface area contributed by atoms with E-state index in [9.17, 15) is 9.18 Å². The van der Waals surface area contributed by atoms with E-state index in [1.165, 1.54) is 7.05 Å². The largest absolute Gasteiger partial charge is 0.461 e. The van der Waals surface area contributed by atoms with Gasteiger partial charge in [-0.2, -0.15) is 4.39 Å². The molecule has 0 saturated carbocycles. The Morgan fingerprint density at radius 3 is 2.83 bits per heavy atom. The topological polar surface area (TPSA) is 57.0 Å². The number of nitrogens with zero attached hydrogens (tertiary/aromatic N) is 3. The lowest BCUT2D eigenvalue weighted by Crippen LogP contribution is -2.08. The summed E-state index contributed by atoms with van der Waals surface area (Å²) in [5.41, 5.74) is -0.376. The van der Waals surface area contributed by atoms with Crippen molar-refractivity contribution in [3.05, 3.63) is 11.6 Å². The number of carbonyl (C=O) groups is 1. The molecule has 12 heavy (non-hydrogen) atoms. The van der Waals surface area contributed by atoms with Crippen molar-refractivity contribution in [1.29, 1.82) is 0 Å². The predicted molar refractivity (Wildman–Crippen MR) is 36.9 cm³/mol. The number of ether oxygens (including phenoxy) is 1. The van der Waals surface area contributed by atoms with Crippen LogP contribution >= 0.6 is 0 Å². The van der Waals surface area contributed by atoms with Crippen molar-refractivity contribution < 1.29 is 13.9 Å². The molecule has 0 aromatic carbocycles. The summed E-state index contributed by atoms with van der Waals surface area (Å²) < 4.78 is 18.3. The van der Waals surface area contributed by atoms with Crippen LogP contribution in [0, 0.1) is 5.95 Å². The molecule has 0 aliphatic heterocycles. The SMILES string of the molecule is CCOC(=O)c1nnn(C)c1F. The Bertz CT molecular complexity index is 297. The second kappa shape index (κ2) is 3.29. The van der Waals surface area contributed by atoms with E-state index < -0.39 is 11.9 Å². The Labute approximate surface area is 68.1 Å². The van der Waals surface area contributed by atoms with Gasteiger partial charge in [0.1, 0.15) is 0 Å². The number of aryl methyl sites for hydroxylation is 1. The van der Waals surface area contributed by atoms with Crippen LogP contribution in [0.1, 0.15) is 17.4 Å². The molecule has 0 saturated heterocycles. The van der Waals surface area contributed by atoms with Crippen molar-refractivity contribution in [3.8, 4) is 0 Å². The smallest absolute Gasteiger partial charge is 0.363 e. The van der Waals surface area contributed by atoms with Gasteiger partial charge < -0.3 is 4.74 Å².